The number of ketones is 1. The zero-order valence-corrected chi connectivity index (χ0v) is 12.1. The lowest BCUT2D eigenvalue weighted by Crippen LogP contribution is -2.29. The maximum atomic E-state index is 12.5. The van der Waals surface area contributed by atoms with E-state index < -0.39 is 0 Å². The second kappa shape index (κ2) is 5.60. The van der Waals surface area contributed by atoms with Crippen molar-refractivity contribution in [2.24, 2.45) is 5.92 Å². The minimum Gasteiger partial charge on any atom is -0.508 e. The summed E-state index contributed by atoms with van der Waals surface area (Å²) in [6.45, 7) is 0.252. The summed E-state index contributed by atoms with van der Waals surface area (Å²) in [5.41, 5.74) is 1.31. The summed E-state index contributed by atoms with van der Waals surface area (Å²) >= 11 is 0. The van der Waals surface area contributed by atoms with Crippen LogP contribution in [0.2, 0.25) is 0 Å². The van der Waals surface area contributed by atoms with Gasteiger partial charge in [-0.15, -0.1) is 0 Å². The molecule has 1 aliphatic heterocycles. The number of aromatic hydroxyl groups is 2. The molecule has 0 saturated carbocycles. The molecular weight excluding hydrogens is 284 g/mol. The van der Waals surface area contributed by atoms with Gasteiger partial charge in [0.1, 0.15) is 11.5 Å². The smallest absolute Gasteiger partial charge is 0.173 e. The number of methoxy groups -OCH3 is 1. The van der Waals surface area contributed by atoms with E-state index in [1.54, 1.807) is 18.2 Å². The molecule has 2 aromatic rings. The summed E-state index contributed by atoms with van der Waals surface area (Å²) in [4.78, 5) is 12.5. The van der Waals surface area contributed by atoms with Crippen molar-refractivity contribution < 1.29 is 24.5 Å². The van der Waals surface area contributed by atoms with E-state index in [1.807, 2.05) is 6.07 Å². The number of carbonyl (C=O) groups is 1. The molecule has 114 valence electrons. The maximum Gasteiger partial charge on any atom is 0.173 e. The quantitative estimate of drug-likeness (QED) is 0.911. The van der Waals surface area contributed by atoms with E-state index >= 15 is 0 Å². The maximum absolute atomic E-state index is 12.5. The lowest BCUT2D eigenvalue weighted by atomic mass is 9.89. The third-order valence-electron chi connectivity index (χ3n) is 3.77. The third kappa shape index (κ3) is 2.57. The van der Waals surface area contributed by atoms with E-state index in [-0.39, 0.29) is 29.8 Å². The van der Waals surface area contributed by atoms with Crippen LogP contribution < -0.4 is 9.47 Å². The van der Waals surface area contributed by atoms with E-state index in [9.17, 15) is 15.0 Å². The van der Waals surface area contributed by atoms with Crippen molar-refractivity contribution in [1.82, 2.24) is 0 Å². The average molecular weight is 300 g/mol. The first kappa shape index (κ1) is 14.3. The molecule has 0 amide bonds. The summed E-state index contributed by atoms with van der Waals surface area (Å²) in [5, 5.41) is 19.2. The van der Waals surface area contributed by atoms with Gasteiger partial charge in [0.05, 0.1) is 25.2 Å². The van der Waals surface area contributed by atoms with Crippen LogP contribution in [0.25, 0.3) is 0 Å². The molecule has 22 heavy (non-hydrogen) atoms. The Morgan fingerprint density at radius 3 is 2.77 bits per heavy atom. The van der Waals surface area contributed by atoms with Crippen LogP contribution in [0.3, 0.4) is 0 Å². The molecule has 1 heterocycles. The fourth-order valence-corrected chi connectivity index (χ4v) is 2.62. The van der Waals surface area contributed by atoms with E-state index in [1.165, 1.54) is 19.2 Å². The van der Waals surface area contributed by atoms with Gasteiger partial charge in [-0.2, -0.15) is 0 Å². The number of Topliss-reactive ketones (excluding diaryl/α,β-unsaturated/α-hetero) is 1. The van der Waals surface area contributed by atoms with Gasteiger partial charge in [0.2, 0.25) is 0 Å². The minimum atomic E-state index is -0.315. The fraction of sp³-hybridized carbons (Fsp3) is 0.235. The molecule has 5 nitrogen and oxygen atoms in total. The molecule has 1 aliphatic rings. The van der Waals surface area contributed by atoms with E-state index in [0.717, 1.165) is 5.56 Å². The first-order valence-corrected chi connectivity index (χ1v) is 6.94. The molecule has 0 radical (unpaired) electrons. The standard InChI is InChI=1S/C17H16O5/c1-21-15-5-2-10(7-14(15)19)6-11-9-22-16-8-12(18)3-4-13(16)17(11)20/h2-5,7-8,11,18-19H,6,9H2,1H3. The Morgan fingerprint density at radius 1 is 1.23 bits per heavy atom. The van der Waals surface area contributed by atoms with Crippen LogP contribution in [-0.4, -0.2) is 29.7 Å². The number of carbonyl (C=O) groups excluding carboxylic acids is 1. The van der Waals surface area contributed by atoms with Gasteiger partial charge in [-0.05, 0) is 36.2 Å². The number of fused-ring (bicyclic) bond motifs is 1. The van der Waals surface area contributed by atoms with Crippen molar-refractivity contribution in [3.05, 3.63) is 47.5 Å². The largest absolute Gasteiger partial charge is 0.508 e. The SMILES string of the molecule is COc1ccc(CC2COc3cc(O)ccc3C2=O)cc1O. The topological polar surface area (TPSA) is 76.0 Å². The number of phenols is 2. The summed E-state index contributed by atoms with van der Waals surface area (Å²) in [7, 11) is 1.49. The highest BCUT2D eigenvalue weighted by molar-refractivity contribution is 6.01. The van der Waals surface area contributed by atoms with Crippen molar-refractivity contribution in [3.63, 3.8) is 0 Å². The normalized spacial score (nSPS) is 16.8. The molecule has 0 fully saturated rings. The van der Waals surface area contributed by atoms with Crippen molar-refractivity contribution in [2.75, 3.05) is 13.7 Å². The zero-order chi connectivity index (χ0) is 15.7. The Hall–Kier alpha value is -2.69. The summed E-state index contributed by atoms with van der Waals surface area (Å²) in [6, 6.07) is 9.58. The summed E-state index contributed by atoms with van der Waals surface area (Å²) < 4.78 is 10.6. The molecule has 0 aromatic heterocycles. The van der Waals surface area contributed by atoms with Crippen molar-refractivity contribution in [2.45, 2.75) is 6.42 Å². The molecule has 2 aromatic carbocycles. The van der Waals surface area contributed by atoms with Gasteiger partial charge < -0.3 is 19.7 Å². The Bertz CT molecular complexity index is 723. The number of benzene rings is 2. The van der Waals surface area contributed by atoms with Gasteiger partial charge in [0.25, 0.3) is 0 Å². The molecule has 1 atom stereocenters. The van der Waals surface area contributed by atoms with E-state index in [2.05, 4.69) is 0 Å². The van der Waals surface area contributed by atoms with E-state index in [0.29, 0.717) is 23.5 Å². The lowest BCUT2D eigenvalue weighted by Gasteiger charge is -2.24. The average Bonchev–Trinajstić information content (AvgIpc) is 2.50. The molecule has 2 N–H and O–H groups in total. The summed E-state index contributed by atoms with van der Waals surface area (Å²) in [6.07, 6.45) is 0.469. The second-order valence-corrected chi connectivity index (χ2v) is 5.26. The highest BCUT2D eigenvalue weighted by Crippen LogP contribution is 2.33. The molecule has 1 unspecified atom stereocenters. The summed E-state index contributed by atoms with van der Waals surface area (Å²) in [5.74, 6) is 0.607. The Kier molecular flexibility index (Phi) is 3.63. The monoisotopic (exact) mass is 300 g/mol. The third-order valence-corrected chi connectivity index (χ3v) is 3.77. The van der Waals surface area contributed by atoms with Gasteiger partial charge >= 0.3 is 0 Å². The minimum absolute atomic E-state index is 0.0171. The van der Waals surface area contributed by atoms with Crippen molar-refractivity contribution in [1.29, 1.82) is 0 Å². The molecular formula is C17H16O5. The van der Waals surface area contributed by atoms with Crippen molar-refractivity contribution >= 4 is 5.78 Å². The van der Waals surface area contributed by atoms with Crippen LogP contribution in [0.1, 0.15) is 15.9 Å². The van der Waals surface area contributed by atoms with Gasteiger partial charge in [0, 0.05) is 6.07 Å². The molecule has 5 heteroatoms. The van der Waals surface area contributed by atoms with Crippen LogP contribution in [0.15, 0.2) is 36.4 Å². The van der Waals surface area contributed by atoms with Crippen LogP contribution in [0, 0.1) is 5.92 Å². The van der Waals surface area contributed by atoms with Crippen molar-refractivity contribution in [3.8, 4) is 23.0 Å². The highest BCUT2D eigenvalue weighted by Gasteiger charge is 2.29. The second-order valence-electron chi connectivity index (χ2n) is 5.26. The fourth-order valence-electron chi connectivity index (χ4n) is 2.62. The predicted molar refractivity (Wildman–Crippen MR) is 79.8 cm³/mol. The molecule has 0 spiro atoms. The predicted octanol–water partition coefficient (Wildman–Crippen LogP) is 2.54. The van der Waals surface area contributed by atoms with Gasteiger partial charge in [0.15, 0.2) is 17.3 Å². The molecule has 0 bridgehead atoms. The number of ether oxygens (including phenoxy) is 2. The first-order chi connectivity index (χ1) is 10.6. The van der Waals surface area contributed by atoms with Crippen LogP contribution in [0.4, 0.5) is 0 Å². The van der Waals surface area contributed by atoms with Gasteiger partial charge in [-0.3, -0.25) is 4.79 Å². The first-order valence-electron chi connectivity index (χ1n) is 6.94. The molecule has 3 rings (SSSR count). The number of hydrogen-bond acceptors (Lipinski definition) is 5. The molecule has 0 saturated heterocycles. The Labute approximate surface area is 127 Å². The van der Waals surface area contributed by atoms with Gasteiger partial charge in [-0.25, -0.2) is 0 Å². The highest BCUT2D eigenvalue weighted by atomic mass is 16.5. The number of rotatable bonds is 3. The zero-order valence-electron chi connectivity index (χ0n) is 12.1. The van der Waals surface area contributed by atoms with Crippen LogP contribution >= 0.6 is 0 Å². The van der Waals surface area contributed by atoms with Crippen LogP contribution in [-0.2, 0) is 6.42 Å². The lowest BCUT2D eigenvalue weighted by molar-refractivity contribution is 0.0830. The Morgan fingerprint density at radius 2 is 2.05 bits per heavy atom. The number of phenolic OH excluding ortho intramolecular Hbond substituents is 2. The molecule has 0 aliphatic carbocycles. The van der Waals surface area contributed by atoms with Crippen LogP contribution in [0.5, 0.6) is 23.0 Å². The van der Waals surface area contributed by atoms with Gasteiger partial charge in [-0.1, -0.05) is 6.07 Å². The number of hydrogen-bond donors (Lipinski definition) is 2. The Balaban J connectivity index is 1.81. The van der Waals surface area contributed by atoms with E-state index in [4.69, 9.17) is 9.47 Å².